The molecule has 1 atom stereocenters. The molecule has 0 aliphatic heterocycles. The van der Waals surface area contributed by atoms with Gasteiger partial charge in [-0.25, -0.2) is 0 Å². The average Bonchev–Trinajstić information content (AvgIpc) is 2.95. The maximum Gasteiger partial charge on any atom is 0.417 e. The van der Waals surface area contributed by atoms with Gasteiger partial charge in [-0.15, -0.1) is 0 Å². The van der Waals surface area contributed by atoms with Crippen molar-refractivity contribution in [3.05, 3.63) is 70.3 Å². The molecule has 0 aliphatic rings. The second-order valence-corrected chi connectivity index (χ2v) is 8.57. The highest BCUT2D eigenvalue weighted by Gasteiger charge is 2.56. The van der Waals surface area contributed by atoms with Gasteiger partial charge in [-0.3, -0.25) is 0 Å². The van der Waals surface area contributed by atoms with Crippen LogP contribution in [0.1, 0.15) is 31.5 Å². The lowest BCUT2D eigenvalue weighted by Gasteiger charge is -2.38. The van der Waals surface area contributed by atoms with Gasteiger partial charge in [0, 0.05) is 22.1 Å². The van der Waals surface area contributed by atoms with Crippen LogP contribution in [-0.4, -0.2) is 21.9 Å². The van der Waals surface area contributed by atoms with Crippen molar-refractivity contribution in [3.63, 3.8) is 0 Å². The molecule has 0 aliphatic carbocycles. The number of aromatic amines is 1. The number of alkyl halides is 3. The van der Waals surface area contributed by atoms with Crippen molar-refractivity contribution < 1.29 is 18.3 Å². The number of halogens is 4. The van der Waals surface area contributed by atoms with Gasteiger partial charge >= 0.3 is 6.18 Å². The minimum Gasteiger partial charge on any atom is -0.380 e. The predicted molar refractivity (Wildman–Crippen MR) is 105 cm³/mol. The van der Waals surface area contributed by atoms with Crippen LogP contribution in [0.5, 0.6) is 0 Å². The predicted octanol–water partition coefficient (Wildman–Crippen LogP) is 6.13. The quantitative estimate of drug-likeness (QED) is 0.492. The fourth-order valence-corrected chi connectivity index (χ4v) is 3.95. The summed E-state index contributed by atoms with van der Waals surface area (Å²) >= 11 is 3.36. The Kier molecular flexibility index (Phi) is 5.16. The lowest BCUT2D eigenvalue weighted by molar-refractivity contribution is -0.266. The highest BCUT2D eigenvalue weighted by Crippen LogP contribution is 2.43. The Labute approximate surface area is 164 Å². The number of hydrogen-bond acceptors (Lipinski definition) is 1. The molecule has 27 heavy (non-hydrogen) atoms. The van der Waals surface area contributed by atoms with Gasteiger partial charge in [-0.1, -0.05) is 60.1 Å². The third kappa shape index (κ3) is 4.22. The van der Waals surface area contributed by atoms with Crippen LogP contribution in [0.2, 0.25) is 0 Å². The molecule has 0 bridgehead atoms. The molecular weight excluding hydrogens is 419 g/mol. The molecule has 0 saturated heterocycles. The molecule has 0 radical (unpaired) electrons. The molecule has 0 fully saturated rings. The van der Waals surface area contributed by atoms with Gasteiger partial charge in [0.1, 0.15) is 0 Å². The zero-order chi connectivity index (χ0) is 19.9. The Morgan fingerprint density at radius 3 is 2.33 bits per heavy atom. The van der Waals surface area contributed by atoms with Crippen LogP contribution in [-0.2, 0) is 11.8 Å². The smallest absolute Gasteiger partial charge is 0.380 e. The molecule has 6 heteroatoms. The highest BCUT2D eigenvalue weighted by molar-refractivity contribution is 9.10. The van der Waals surface area contributed by atoms with E-state index in [-0.39, 0.29) is 0 Å². The second kappa shape index (κ2) is 6.99. The zero-order valence-electron chi connectivity index (χ0n) is 15.1. The van der Waals surface area contributed by atoms with Crippen molar-refractivity contribution in [2.45, 2.75) is 43.9 Å². The number of hydrogen-bond donors (Lipinski definition) is 2. The van der Waals surface area contributed by atoms with Crippen molar-refractivity contribution in [2.75, 3.05) is 0 Å². The van der Waals surface area contributed by atoms with Gasteiger partial charge in [0.25, 0.3) is 0 Å². The number of fused-ring (bicyclic) bond motifs is 1. The topological polar surface area (TPSA) is 36.0 Å². The maximum absolute atomic E-state index is 13.9. The number of para-hydroxylation sites is 1. The number of rotatable bonds is 5. The van der Waals surface area contributed by atoms with Crippen molar-refractivity contribution in [1.82, 2.24) is 4.98 Å². The lowest BCUT2D eigenvalue weighted by Crippen LogP contribution is -2.50. The Bertz CT molecular complexity index is 915. The van der Waals surface area contributed by atoms with Crippen molar-refractivity contribution >= 4 is 26.8 Å². The number of H-pyrrole nitrogens is 1. The first-order valence-electron chi connectivity index (χ1n) is 8.62. The highest BCUT2D eigenvalue weighted by atomic mass is 79.9. The molecule has 3 rings (SSSR count). The Hall–Kier alpha value is -1.79. The molecule has 0 amide bonds. The van der Waals surface area contributed by atoms with Gasteiger partial charge in [0.15, 0.2) is 5.60 Å². The molecule has 2 N–H and O–H groups in total. The van der Waals surface area contributed by atoms with Gasteiger partial charge in [-0.2, -0.15) is 13.2 Å². The summed E-state index contributed by atoms with van der Waals surface area (Å²) in [4.78, 5) is 2.99. The van der Waals surface area contributed by atoms with Crippen LogP contribution in [0.15, 0.2) is 59.1 Å². The first-order chi connectivity index (χ1) is 12.5. The van der Waals surface area contributed by atoms with Gasteiger partial charge < -0.3 is 10.1 Å². The first kappa shape index (κ1) is 20.0. The second-order valence-electron chi connectivity index (χ2n) is 7.66. The molecule has 144 valence electrons. The monoisotopic (exact) mass is 439 g/mol. The van der Waals surface area contributed by atoms with E-state index in [0.717, 1.165) is 20.9 Å². The van der Waals surface area contributed by atoms with E-state index in [2.05, 4.69) is 20.9 Å². The molecule has 2 aromatic carbocycles. The van der Waals surface area contributed by atoms with Crippen LogP contribution in [0.4, 0.5) is 13.2 Å². The summed E-state index contributed by atoms with van der Waals surface area (Å²) < 4.78 is 42.5. The van der Waals surface area contributed by atoms with E-state index < -0.39 is 30.0 Å². The summed E-state index contributed by atoms with van der Waals surface area (Å²) in [6.07, 6.45) is -5.73. The van der Waals surface area contributed by atoms with Crippen LogP contribution in [0.25, 0.3) is 10.9 Å². The SMILES string of the molecule is CC(C)(CC(O)(Cc1cc2ccccc2[nH]1)C(F)(F)F)c1cccc(Br)c1. The Morgan fingerprint density at radius 1 is 1.00 bits per heavy atom. The third-order valence-corrected chi connectivity index (χ3v) is 5.43. The molecule has 0 spiro atoms. The van der Waals surface area contributed by atoms with E-state index in [9.17, 15) is 18.3 Å². The number of aliphatic hydroxyl groups is 1. The normalized spacial score (nSPS) is 15.1. The summed E-state index contributed by atoms with van der Waals surface area (Å²) in [6, 6.07) is 16.1. The number of aromatic nitrogens is 1. The van der Waals surface area contributed by atoms with Crippen LogP contribution in [0.3, 0.4) is 0 Å². The van der Waals surface area contributed by atoms with Crippen molar-refractivity contribution in [3.8, 4) is 0 Å². The van der Waals surface area contributed by atoms with Crippen LogP contribution < -0.4 is 0 Å². The fraction of sp³-hybridized carbons (Fsp3) is 0.333. The van der Waals surface area contributed by atoms with Crippen molar-refractivity contribution in [2.24, 2.45) is 0 Å². The van der Waals surface area contributed by atoms with E-state index in [0.29, 0.717) is 5.69 Å². The third-order valence-electron chi connectivity index (χ3n) is 4.94. The van der Waals surface area contributed by atoms with E-state index in [1.165, 1.54) is 0 Å². The summed E-state index contributed by atoms with van der Waals surface area (Å²) in [5.74, 6) is 0. The molecular formula is C21H21BrF3NO. The van der Waals surface area contributed by atoms with E-state index in [1.54, 1.807) is 44.2 Å². The average molecular weight is 440 g/mol. The van der Waals surface area contributed by atoms with Crippen LogP contribution >= 0.6 is 15.9 Å². The molecule has 0 saturated carbocycles. The summed E-state index contributed by atoms with van der Waals surface area (Å²) in [7, 11) is 0. The van der Waals surface area contributed by atoms with Gasteiger partial charge in [-0.05, 0) is 47.1 Å². The molecule has 2 nitrogen and oxygen atoms in total. The van der Waals surface area contributed by atoms with E-state index in [1.807, 2.05) is 24.3 Å². The zero-order valence-corrected chi connectivity index (χ0v) is 16.7. The molecule has 1 heterocycles. The minimum absolute atomic E-state index is 0.362. The molecule has 3 aromatic rings. The lowest BCUT2D eigenvalue weighted by atomic mass is 9.73. The fourth-order valence-electron chi connectivity index (χ4n) is 3.55. The Morgan fingerprint density at radius 2 is 1.70 bits per heavy atom. The summed E-state index contributed by atoms with van der Waals surface area (Å²) in [5.41, 5.74) is -1.87. The van der Waals surface area contributed by atoms with Gasteiger partial charge in [0.2, 0.25) is 0 Å². The van der Waals surface area contributed by atoms with E-state index in [4.69, 9.17) is 0 Å². The van der Waals surface area contributed by atoms with E-state index >= 15 is 0 Å². The largest absolute Gasteiger partial charge is 0.417 e. The van der Waals surface area contributed by atoms with Gasteiger partial charge in [0.05, 0.1) is 0 Å². The van der Waals surface area contributed by atoms with Crippen molar-refractivity contribution in [1.29, 1.82) is 0 Å². The standard InChI is InChI=1S/C21H21BrF3NO/c1-19(2,15-7-5-8-16(22)11-15)13-20(27,21(23,24)25)12-17-10-14-6-3-4-9-18(14)26-17/h3-11,26-27H,12-13H2,1-2H3. The number of nitrogens with one attached hydrogen (secondary N) is 1. The summed E-state index contributed by atoms with van der Waals surface area (Å²) in [6.45, 7) is 3.44. The Balaban J connectivity index is 1.94. The first-order valence-corrected chi connectivity index (χ1v) is 9.41. The number of benzene rings is 2. The maximum atomic E-state index is 13.9. The van der Waals surface area contributed by atoms with Crippen LogP contribution in [0, 0.1) is 0 Å². The summed E-state index contributed by atoms with van der Waals surface area (Å²) in [5, 5.41) is 11.6. The molecule has 1 unspecified atom stereocenters. The molecule has 1 aromatic heterocycles. The minimum atomic E-state index is -4.76.